The van der Waals surface area contributed by atoms with Crippen molar-refractivity contribution in [1.82, 2.24) is 0 Å². The Morgan fingerprint density at radius 1 is 0.810 bits per heavy atom. The molecule has 6 heteroatoms. The molecule has 21 heavy (non-hydrogen) atoms. The van der Waals surface area contributed by atoms with Crippen molar-refractivity contribution >= 4 is 30.4 Å². The molecule has 0 bridgehead atoms. The lowest BCUT2D eigenvalue weighted by atomic mass is 10.2. The zero-order valence-electron chi connectivity index (χ0n) is 15.0. The monoisotopic (exact) mass is 342 g/mol. The van der Waals surface area contributed by atoms with Crippen molar-refractivity contribution in [2.75, 3.05) is 7.11 Å². The highest BCUT2D eigenvalue weighted by molar-refractivity contribution is 6.94. The summed E-state index contributed by atoms with van der Waals surface area (Å²) in [7, 11) is -4.11. The molecule has 0 amide bonds. The molecular weight excluding hydrogens is 312 g/mol. The van der Waals surface area contributed by atoms with Crippen LogP contribution in [0.4, 0.5) is 0 Å². The normalized spacial score (nSPS) is 13.4. The van der Waals surface area contributed by atoms with Crippen LogP contribution in [0.5, 0.6) is 5.75 Å². The van der Waals surface area contributed by atoms with Crippen molar-refractivity contribution in [2.24, 2.45) is 0 Å². The zero-order valence-corrected chi connectivity index (χ0v) is 18.0. The number of methoxy groups -OCH3 is 1. The van der Waals surface area contributed by atoms with Gasteiger partial charge in [0.1, 0.15) is 5.75 Å². The van der Waals surface area contributed by atoms with E-state index < -0.39 is 25.2 Å². The van der Waals surface area contributed by atoms with Gasteiger partial charge in [-0.05, 0) is 69.6 Å². The van der Waals surface area contributed by atoms with Crippen LogP contribution < -0.4 is 9.92 Å². The Labute approximate surface area is 133 Å². The van der Waals surface area contributed by atoms with Crippen molar-refractivity contribution in [3.05, 3.63) is 23.8 Å². The summed E-state index contributed by atoms with van der Waals surface area (Å²) in [6.45, 7) is 17.5. The van der Waals surface area contributed by atoms with E-state index in [2.05, 4.69) is 71.0 Å². The molecule has 0 aliphatic rings. The van der Waals surface area contributed by atoms with Gasteiger partial charge in [-0.15, -0.1) is 0 Å². The molecule has 1 aromatic rings. The number of hydrogen-bond donors (Lipinski definition) is 0. The van der Waals surface area contributed by atoms with Crippen LogP contribution in [0, 0.1) is 6.92 Å². The van der Waals surface area contributed by atoms with Crippen LogP contribution >= 0.6 is 0 Å². The van der Waals surface area contributed by atoms with E-state index in [4.69, 9.17) is 13.0 Å². The van der Waals surface area contributed by atoms with E-state index in [0.29, 0.717) is 0 Å². The molecule has 1 aromatic carbocycles. The van der Waals surface area contributed by atoms with Crippen LogP contribution in [0.1, 0.15) is 5.56 Å². The lowest BCUT2D eigenvalue weighted by Gasteiger charge is -2.38. The van der Waals surface area contributed by atoms with Gasteiger partial charge in [0.2, 0.25) is 0 Å². The maximum absolute atomic E-state index is 6.56. The fraction of sp³-hybridized carbons (Fsp3) is 0.600. The minimum Gasteiger partial charge on any atom is -0.496 e. The molecule has 0 radical (unpaired) electrons. The zero-order chi connectivity index (χ0) is 16.5. The quantitative estimate of drug-likeness (QED) is 0.732. The molecule has 0 saturated carbocycles. The van der Waals surface area contributed by atoms with E-state index in [1.165, 1.54) is 0 Å². The molecule has 0 saturated heterocycles. The Balaban J connectivity index is 3.29. The van der Waals surface area contributed by atoms with Gasteiger partial charge in [0, 0.05) is 0 Å². The Bertz CT molecular complexity index is 474. The fourth-order valence-corrected chi connectivity index (χ4v) is 14.0. The highest BCUT2D eigenvalue weighted by atomic mass is 28.5. The molecular formula is C15H30O3Si3. The summed E-state index contributed by atoms with van der Waals surface area (Å²) >= 11 is 0. The summed E-state index contributed by atoms with van der Waals surface area (Å²) < 4.78 is 18.6. The second-order valence-corrected chi connectivity index (χ2v) is 20.1. The molecule has 0 aliphatic heterocycles. The predicted octanol–water partition coefficient (Wildman–Crippen LogP) is 3.99. The van der Waals surface area contributed by atoms with Gasteiger partial charge in [-0.25, -0.2) is 0 Å². The van der Waals surface area contributed by atoms with E-state index in [0.717, 1.165) is 16.5 Å². The minimum absolute atomic E-state index is 0.907. The molecule has 0 aromatic heterocycles. The molecule has 0 aliphatic carbocycles. The van der Waals surface area contributed by atoms with Crippen molar-refractivity contribution < 1.29 is 13.0 Å². The SMILES string of the molecule is COc1cc([Si](C)(O[Si](C)(C)C)O[Si](C)(C)C)ccc1C. The smallest absolute Gasteiger partial charge is 0.348 e. The first-order valence-electron chi connectivity index (χ1n) is 7.42. The summed E-state index contributed by atoms with van der Waals surface area (Å²) in [5.41, 5.74) is 1.14. The standard InChI is InChI=1S/C15H30O3Si3/c1-13-10-11-14(12-15(13)16-2)21(9,17-19(3,4)5)18-20(6,7)8/h10-12H,1-9H3. The van der Waals surface area contributed by atoms with Crippen molar-refractivity contribution in [1.29, 1.82) is 0 Å². The summed E-state index contributed by atoms with van der Waals surface area (Å²) in [6.07, 6.45) is 0. The van der Waals surface area contributed by atoms with Gasteiger partial charge >= 0.3 is 8.56 Å². The molecule has 0 spiro atoms. The van der Waals surface area contributed by atoms with Gasteiger partial charge in [0.05, 0.1) is 7.11 Å². The maximum Gasteiger partial charge on any atom is 0.348 e. The average Bonchev–Trinajstić information content (AvgIpc) is 2.23. The second-order valence-electron chi connectivity index (χ2n) is 7.56. The summed E-state index contributed by atoms with van der Waals surface area (Å²) in [5.74, 6) is 0.907. The van der Waals surface area contributed by atoms with Gasteiger partial charge < -0.3 is 13.0 Å². The van der Waals surface area contributed by atoms with Gasteiger partial charge in [-0.2, -0.15) is 0 Å². The lowest BCUT2D eigenvalue weighted by Crippen LogP contribution is -2.60. The van der Waals surface area contributed by atoms with Gasteiger partial charge in [-0.3, -0.25) is 0 Å². The van der Waals surface area contributed by atoms with Gasteiger partial charge in [-0.1, -0.05) is 12.1 Å². The van der Waals surface area contributed by atoms with E-state index in [9.17, 15) is 0 Å². The molecule has 0 heterocycles. The summed E-state index contributed by atoms with van der Waals surface area (Å²) in [5, 5.41) is 1.16. The average molecular weight is 343 g/mol. The predicted molar refractivity (Wildman–Crippen MR) is 97.8 cm³/mol. The third kappa shape index (κ3) is 5.71. The molecule has 0 N–H and O–H groups in total. The Morgan fingerprint density at radius 2 is 1.29 bits per heavy atom. The van der Waals surface area contributed by atoms with Crippen LogP contribution in [0.15, 0.2) is 18.2 Å². The number of aryl methyl sites for hydroxylation is 1. The van der Waals surface area contributed by atoms with Crippen LogP contribution in [-0.4, -0.2) is 32.3 Å². The van der Waals surface area contributed by atoms with Gasteiger partial charge in [0.25, 0.3) is 0 Å². The van der Waals surface area contributed by atoms with Crippen LogP contribution in [0.2, 0.25) is 45.8 Å². The summed E-state index contributed by atoms with van der Waals surface area (Å²) in [4.78, 5) is 0. The number of hydrogen-bond acceptors (Lipinski definition) is 3. The van der Waals surface area contributed by atoms with Crippen LogP contribution in [0.25, 0.3) is 0 Å². The minimum atomic E-state index is -2.42. The Kier molecular flexibility index (Phi) is 5.66. The van der Waals surface area contributed by atoms with E-state index in [1.807, 2.05) is 0 Å². The first-order chi connectivity index (χ1) is 9.36. The molecule has 0 fully saturated rings. The van der Waals surface area contributed by atoms with Crippen molar-refractivity contribution in [2.45, 2.75) is 52.8 Å². The molecule has 1 rings (SSSR count). The highest BCUT2D eigenvalue weighted by Gasteiger charge is 2.42. The van der Waals surface area contributed by atoms with Crippen LogP contribution in [-0.2, 0) is 8.23 Å². The molecule has 3 nitrogen and oxygen atoms in total. The number of benzene rings is 1. The van der Waals surface area contributed by atoms with E-state index in [-0.39, 0.29) is 0 Å². The Morgan fingerprint density at radius 3 is 1.67 bits per heavy atom. The third-order valence-electron chi connectivity index (χ3n) is 2.93. The van der Waals surface area contributed by atoms with Gasteiger partial charge in [0.15, 0.2) is 16.6 Å². The molecule has 0 unspecified atom stereocenters. The first-order valence-corrected chi connectivity index (χ1v) is 16.5. The van der Waals surface area contributed by atoms with Crippen molar-refractivity contribution in [3.63, 3.8) is 0 Å². The lowest BCUT2D eigenvalue weighted by molar-refractivity contribution is 0.400. The fourth-order valence-electron chi connectivity index (χ4n) is 2.41. The maximum atomic E-state index is 6.56. The first kappa shape index (κ1) is 18.6. The largest absolute Gasteiger partial charge is 0.496 e. The van der Waals surface area contributed by atoms with Crippen LogP contribution in [0.3, 0.4) is 0 Å². The number of rotatable bonds is 6. The van der Waals surface area contributed by atoms with E-state index >= 15 is 0 Å². The highest BCUT2D eigenvalue weighted by Crippen LogP contribution is 2.23. The molecule has 120 valence electrons. The van der Waals surface area contributed by atoms with Crippen molar-refractivity contribution in [3.8, 4) is 5.75 Å². The second kappa shape index (κ2) is 6.37. The Hall–Kier alpha value is -0.409. The molecule has 0 atom stereocenters. The number of ether oxygens (including phenoxy) is 1. The third-order valence-corrected chi connectivity index (χ3v) is 12.3. The van der Waals surface area contributed by atoms with E-state index in [1.54, 1.807) is 7.11 Å². The summed E-state index contributed by atoms with van der Waals surface area (Å²) in [6, 6.07) is 6.34. The topological polar surface area (TPSA) is 27.7 Å².